The number of Topliss-reactive ketones (excluding diaryl/α,β-unsaturated/α-hetero) is 2. The predicted octanol–water partition coefficient (Wildman–Crippen LogP) is 5.09. The van der Waals surface area contributed by atoms with Crippen molar-refractivity contribution in [1.82, 2.24) is 5.32 Å². The third-order valence-corrected chi connectivity index (χ3v) is 7.96. The van der Waals surface area contributed by atoms with E-state index in [2.05, 4.69) is 5.32 Å². The molecule has 228 valence electrons. The van der Waals surface area contributed by atoms with Crippen molar-refractivity contribution in [2.75, 3.05) is 5.75 Å². The molecule has 0 radical (unpaired) electrons. The van der Waals surface area contributed by atoms with Crippen LogP contribution in [-0.2, 0) is 34.0 Å². The zero-order valence-corrected chi connectivity index (χ0v) is 27.0. The molecular weight excluding hydrogens is 534 g/mol. The maximum Gasteiger partial charge on any atom is 0.267 e. The van der Waals surface area contributed by atoms with Gasteiger partial charge in [0.2, 0.25) is 5.91 Å². The van der Waals surface area contributed by atoms with Gasteiger partial charge in [-0.25, -0.2) is 0 Å². The maximum absolute atomic E-state index is 14.1. The number of rotatable bonds is 13. The van der Waals surface area contributed by atoms with E-state index in [-0.39, 0.29) is 18.0 Å². The number of nitrogens with one attached hydrogen (secondary N) is 1. The fraction of sp³-hybridized carbons (Fsp3) is 0.700. The molecule has 0 saturated heterocycles. The number of ketones is 2. The van der Waals surface area contributed by atoms with Gasteiger partial charge >= 0.3 is 0 Å². The SMILES string of the molecule is CC(C)(CS(=O)(=O)O)NC(=O)C(CC(=O)C(C)(C)C)OC(C)(C)C(C)(C)C(=O)C(OC(C)(C)C)c1ccccc1. The summed E-state index contributed by atoms with van der Waals surface area (Å²) in [6, 6.07) is 9.12. The lowest BCUT2D eigenvalue weighted by Gasteiger charge is -2.44. The first kappa shape index (κ1) is 35.9. The second kappa shape index (κ2) is 12.4. The summed E-state index contributed by atoms with van der Waals surface area (Å²) in [7, 11) is -4.40. The minimum Gasteiger partial charge on any atom is -0.361 e. The molecule has 40 heavy (non-hydrogen) atoms. The Morgan fingerprint density at radius 3 is 1.77 bits per heavy atom. The number of ether oxygens (including phenoxy) is 2. The Labute approximate surface area is 240 Å². The van der Waals surface area contributed by atoms with Crippen molar-refractivity contribution >= 4 is 27.6 Å². The van der Waals surface area contributed by atoms with Gasteiger partial charge in [0.25, 0.3) is 10.1 Å². The monoisotopic (exact) mass is 583 g/mol. The molecule has 0 aromatic heterocycles. The molecule has 1 amide bonds. The van der Waals surface area contributed by atoms with Crippen molar-refractivity contribution < 1.29 is 36.8 Å². The molecule has 1 rings (SSSR count). The Balaban J connectivity index is 3.46. The van der Waals surface area contributed by atoms with Crippen LogP contribution in [0.5, 0.6) is 0 Å². The third-order valence-electron chi connectivity index (χ3n) is 6.87. The zero-order chi connectivity index (χ0) is 31.5. The van der Waals surface area contributed by atoms with Gasteiger partial charge in [-0.1, -0.05) is 65.0 Å². The van der Waals surface area contributed by atoms with Crippen LogP contribution in [0, 0.1) is 10.8 Å². The highest BCUT2D eigenvalue weighted by Crippen LogP contribution is 2.42. The maximum atomic E-state index is 14.1. The second-order valence-electron chi connectivity index (χ2n) is 14.1. The van der Waals surface area contributed by atoms with Gasteiger partial charge in [-0.15, -0.1) is 0 Å². The highest BCUT2D eigenvalue weighted by atomic mass is 32.2. The molecule has 2 atom stereocenters. The topological polar surface area (TPSA) is 136 Å². The molecule has 0 saturated carbocycles. The lowest BCUT2D eigenvalue weighted by Crippen LogP contribution is -2.57. The van der Waals surface area contributed by atoms with Crippen molar-refractivity contribution in [3.8, 4) is 0 Å². The minimum atomic E-state index is -4.40. The van der Waals surface area contributed by atoms with Gasteiger partial charge in [0, 0.05) is 11.8 Å². The molecule has 0 aliphatic rings. The lowest BCUT2D eigenvalue weighted by molar-refractivity contribution is -0.182. The van der Waals surface area contributed by atoms with E-state index in [4.69, 9.17) is 9.47 Å². The zero-order valence-electron chi connectivity index (χ0n) is 26.2. The summed E-state index contributed by atoms with van der Waals surface area (Å²) >= 11 is 0. The first-order valence-corrected chi connectivity index (χ1v) is 15.0. The number of hydrogen-bond donors (Lipinski definition) is 2. The van der Waals surface area contributed by atoms with E-state index >= 15 is 0 Å². The molecule has 0 heterocycles. The number of hydrogen-bond acceptors (Lipinski definition) is 7. The van der Waals surface area contributed by atoms with Crippen LogP contribution in [0.1, 0.15) is 101 Å². The first-order valence-electron chi connectivity index (χ1n) is 13.4. The summed E-state index contributed by atoms with van der Waals surface area (Å²) in [5.41, 5.74) is -4.60. The van der Waals surface area contributed by atoms with Crippen LogP contribution in [0.3, 0.4) is 0 Å². The van der Waals surface area contributed by atoms with Gasteiger partial charge in [0.15, 0.2) is 5.78 Å². The van der Waals surface area contributed by atoms with Crippen LogP contribution >= 0.6 is 0 Å². The van der Waals surface area contributed by atoms with Crippen molar-refractivity contribution in [2.45, 2.75) is 118 Å². The number of amides is 1. The average Bonchev–Trinajstić information content (AvgIpc) is 2.73. The summed E-state index contributed by atoms with van der Waals surface area (Å²) < 4.78 is 44.9. The highest BCUT2D eigenvalue weighted by molar-refractivity contribution is 7.85. The largest absolute Gasteiger partial charge is 0.361 e. The van der Waals surface area contributed by atoms with Crippen molar-refractivity contribution in [3.05, 3.63) is 35.9 Å². The van der Waals surface area contributed by atoms with E-state index in [1.807, 2.05) is 51.1 Å². The van der Waals surface area contributed by atoms with Gasteiger partial charge in [-0.05, 0) is 54.0 Å². The van der Waals surface area contributed by atoms with E-state index in [1.165, 1.54) is 13.8 Å². The fourth-order valence-corrected chi connectivity index (χ4v) is 4.93. The smallest absolute Gasteiger partial charge is 0.267 e. The Hall–Kier alpha value is -2.14. The van der Waals surface area contributed by atoms with Crippen molar-refractivity contribution in [3.63, 3.8) is 0 Å². The first-order chi connectivity index (χ1) is 17.7. The molecule has 9 nitrogen and oxygen atoms in total. The molecule has 10 heteroatoms. The molecule has 0 spiro atoms. The lowest BCUT2D eigenvalue weighted by atomic mass is 9.71. The Morgan fingerprint density at radius 1 is 0.850 bits per heavy atom. The Bertz CT molecular complexity index is 1160. The van der Waals surface area contributed by atoms with Crippen LogP contribution in [0.25, 0.3) is 0 Å². The standard InChI is InChI=1S/C30H49NO8S/c1-26(2,3)22(32)18-21(25(34)31-28(7,8)19-40(35,36)37)38-30(11,12)29(9,10)24(33)23(39-27(4,5)6)20-16-14-13-15-17-20/h13-17,21,23H,18-19H2,1-12H3,(H,31,34)(H,35,36,37). The number of benzene rings is 1. The molecule has 2 unspecified atom stereocenters. The normalized spacial score (nSPS) is 15.3. The molecule has 0 bridgehead atoms. The van der Waals surface area contributed by atoms with E-state index in [1.54, 1.807) is 48.5 Å². The van der Waals surface area contributed by atoms with Crippen molar-refractivity contribution in [1.29, 1.82) is 0 Å². The highest BCUT2D eigenvalue weighted by Gasteiger charge is 2.50. The van der Waals surface area contributed by atoms with Crippen molar-refractivity contribution in [2.24, 2.45) is 10.8 Å². The van der Waals surface area contributed by atoms with Gasteiger partial charge in [-0.2, -0.15) is 8.42 Å². The van der Waals surface area contributed by atoms with Crippen LogP contribution in [0.2, 0.25) is 0 Å². The van der Waals surface area contributed by atoms with E-state index in [0.29, 0.717) is 5.56 Å². The van der Waals surface area contributed by atoms with Gasteiger partial charge < -0.3 is 14.8 Å². The summed E-state index contributed by atoms with van der Waals surface area (Å²) in [5.74, 6) is -1.99. The van der Waals surface area contributed by atoms with Crippen LogP contribution < -0.4 is 5.32 Å². The average molecular weight is 584 g/mol. The van der Waals surface area contributed by atoms with Gasteiger partial charge in [-0.3, -0.25) is 18.9 Å². The molecule has 1 aromatic rings. The van der Waals surface area contributed by atoms with Crippen LogP contribution in [-0.4, -0.2) is 59.0 Å². The molecule has 0 aliphatic carbocycles. The van der Waals surface area contributed by atoms with Gasteiger partial charge in [0.05, 0.1) is 27.9 Å². The number of carbonyl (C=O) groups is 3. The molecule has 2 N–H and O–H groups in total. The molecule has 1 aromatic carbocycles. The summed E-state index contributed by atoms with van der Waals surface area (Å²) in [4.78, 5) is 40.6. The third kappa shape index (κ3) is 10.7. The Morgan fingerprint density at radius 2 is 1.35 bits per heavy atom. The molecule has 0 aliphatic heterocycles. The van der Waals surface area contributed by atoms with Gasteiger partial charge in [0.1, 0.15) is 18.0 Å². The van der Waals surface area contributed by atoms with Crippen LogP contribution in [0.15, 0.2) is 30.3 Å². The molecular formula is C30H49NO8S. The number of carbonyl (C=O) groups excluding carboxylic acids is 3. The predicted molar refractivity (Wildman–Crippen MR) is 155 cm³/mol. The summed E-state index contributed by atoms with van der Waals surface area (Å²) in [5, 5.41) is 2.59. The molecule has 0 fully saturated rings. The van der Waals surface area contributed by atoms with E-state index in [9.17, 15) is 27.4 Å². The Kier molecular flexibility index (Phi) is 11.1. The summed E-state index contributed by atoms with van der Waals surface area (Å²) in [6.07, 6.45) is -2.56. The van der Waals surface area contributed by atoms with Crippen LogP contribution in [0.4, 0.5) is 0 Å². The second-order valence-corrected chi connectivity index (χ2v) is 15.6. The fourth-order valence-electron chi connectivity index (χ4n) is 3.95. The van der Waals surface area contributed by atoms with E-state index in [0.717, 1.165) is 0 Å². The quantitative estimate of drug-likeness (QED) is 0.307. The summed E-state index contributed by atoms with van der Waals surface area (Å²) in [6.45, 7) is 20.4. The minimum absolute atomic E-state index is 0.251. The van der Waals surface area contributed by atoms with E-state index < -0.39 is 61.6 Å².